The van der Waals surface area contributed by atoms with Crippen LogP contribution in [-0.2, 0) is 23.0 Å². The molecule has 0 aromatic heterocycles. The van der Waals surface area contributed by atoms with E-state index < -0.39 is 10.1 Å². The highest BCUT2D eigenvalue weighted by Gasteiger charge is 2.26. The Labute approximate surface area is 348 Å². The Balaban J connectivity index is 1.38. The second kappa shape index (κ2) is 17.5. The number of aryl methyl sites for hydroxylation is 2. The van der Waals surface area contributed by atoms with Crippen molar-refractivity contribution in [1.82, 2.24) is 4.58 Å². The fraction of sp³-hybridized carbons (Fsp3) is 0.122. The fourth-order valence-corrected chi connectivity index (χ4v) is 9.95. The molecule has 0 radical (unpaired) electrons. The Kier molecular flexibility index (Phi) is 11.8. The molecule has 2 aliphatic rings. The molecule has 6 aromatic carbocycles. The summed E-state index contributed by atoms with van der Waals surface area (Å²) in [6.07, 6.45) is 1.73. The maximum Gasteiger partial charge on any atom is 0.295 e. The van der Waals surface area contributed by atoms with Gasteiger partial charge in [-0.2, -0.15) is 13.0 Å². The highest BCUT2D eigenvalue weighted by Crippen LogP contribution is 2.44. The van der Waals surface area contributed by atoms with E-state index in [4.69, 9.17) is 4.42 Å². The lowest BCUT2D eigenvalue weighted by atomic mass is 9.93. The largest absolute Gasteiger partial charge is 0.456 e. The number of nitrogens with zero attached hydrogens (tertiary/aromatic N) is 2. The molecule has 0 saturated heterocycles. The summed E-state index contributed by atoms with van der Waals surface area (Å²) in [5.41, 5.74) is 7.97. The maximum atomic E-state index is 12.9. The van der Waals surface area contributed by atoms with E-state index in [1.54, 1.807) is 41.7 Å². The molecule has 6 aromatic rings. The average Bonchev–Trinajstić information content (AvgIpc) is 3.26. The first-order valence-electron chi connectivity index (χ1n) is 19.3. The molecular weight excluding hydrogens is 777 g/mol. The molecule has 8 rings (SSSR count). The molecular formula is C49H43N2O4S3+. The topological polar surface area (TPSA) is 73.8 Å². The van der Waals surface area contributed by atoms with Crippen molar-refractivity contribution in [3.63, 3.8) is 0 Å². The molecule has 9 heteroatoms. The van der Waals surface area contributed by atoms with E-state index in [1.165, 1.54) is 17.2 Å². The summed E-state index contributed by atoms with van der Waals surface area (Å²) in [4.78, 5) is 4.47. The van der Waals surface area contributed by atoms with Gasteiger partial charge >= 0.3 is 0 Å². The summed E-state index contributed by atoms with van der Waals surface area (Å²) >= 11 is 3.50. The number of thioether (sulfide) groups is 2. The van der Waals surface area contributed by atoms with Gasteiger partial charge in [0.25, 0.3) is 10.1 Å². The summed E-state index contributed by atoms with van der Waals surface area (Å²) in [7, 11) is -4.57. The Hall–Kier alpha value is -5.58. The summed E-state index contributed by atoms with van der Waals surface area (Å²) < 4.78 is 45.6. The van der Waals surface area contributed by atoms with Crippen LogP contribution in [0.25, 0.3) is 33.4 Å². The molecule has 0 saturated carbocycles. The van der Waals surface area contributed by atoms with Gasteiger partial charge in [-0.1, -0.05) is 117 Å². The predicted molar refractivity (Wildman–Crippen MR) is 241 cm³/mol. The number of hydrogen-bond acceptors (Lipinski definition) is 6. The first kappa shape index (κ1) is 39.3. The summed E-state index contributed by atoms with van der Waals surface area (Å²) in [5, 5.41) is 1.66. The van der Waals surface area contributed by atoms with Crippen molar-refractivity contribution in [2.45, 2.75) is 41.4 Å². The van der Waals surface area contributed by atoms with E-state index in [-0.39, 0.29) is 4.90 Å². The van der Waals surface area contributed by atoms with Gasteiger partial charge in [-0.3, -0.25) is 4.55 Å². The Morgan fingerprint density at radius 3 is 2.00 bits per heavy atom. The maximum absolute atomic E-state index is 12.9. The zero-order valence-corrected chi connectivity index (χ0v) is 34.7. The number of para-hydroxylation sites is 2. The van der Waals surface area contributed by atoms with Crippen LogP contribution < -0.4 is 14.8 Å². The molecule has 6 nitrogen and oxygen atoms in total. The summed E-state index contributed by atoms with van der Waals surface area (Å²) in [6.45, 7) is 4.33. The van der Waals surface area contributed by atoms with Crippen LogP contribution in [0.15, 0.2) is 189 Å². The molecule has 1 aliphatic heterocycles. The minimum atomic E-state index is -4.57. The number of rotatable bonds is 13. The van der Waals surface area contributed by atoms with Crippen LogP contribution in [0.5, 0.6) is 0 Å². The minimum Gasteiger partial charge on any atom is -0.456 e. The third kappa shape index (κ3) is 8.35. The quantitative estimate of drug-likeness (QED) is 0.0408. The first-order valence-corrected chi connectivity index (χ1v) is 22.7. The predicted octanol–water partition coefficient (Wildman–Crippen LogP) is 12.3. The lowest BCUT2D eigenvalue weighted by Crippen LogP contribution is -2.26. The van der Waals surface area contributed by atoms with Crippen molar-refractivity contribution in [2.75, 3.05) is 16.7 Å². The van der Waals surface area contributed by atoms with Crippen LogP contribution in [0, 0.1) is 0 Å². The SMILES string of the molecule is CCc1ccccc1N(CSc1ccccc1)c1ccc2c(-c3ccccc3S(=O)(=O)O)c3ccc(=[N+](CSc4ccccc4)c4ccccc4CC)cc-3oc2c1. The monoisotopic (exact) mass is 819 g/mol. The lowest BCUT2D eigenvalue weighted by molar-refractivity contribution is 0.483. The average molecular weight is 820 g/mol. The highest BCUT2D eigenvalue weighted by atomic mass is 32.2. The van der Waals surface area contributed by atoms with Crippen LogP contribution in [0.4, 0.5) is 17.1 Å². The molecule has 1 heterocycles. The van der Waals surface area contributed by atoms with E-state index >= 15 is 0 Å². The molecule has 1 aliphatic carbocycles. The van der Waals surface area contributed by atoms with Crippen LogP contribution in [0.1, 0.15) is 25.0 Å². The van der Waals surface area contributed by atoms with Gasteiger partial charge in [-0.05, 0) is 73.0 Å². The Bertz CT molecular complexity index is 2860. The van der Waals surface area contributed by atoms with E-state index in [1.807, 2.05) is 24.3 Å². The second-order valence-electron chi connectivity index (χ2n) is 13.8. The van der Waals surface area contributed by atoms with Gasteiger partial charge in [0.15, 0.2) is 5.88 Å². The molecule has 1 N–H and O–H groups in total. The van der Waals surface area contributed by atoms with Crippen LogP contribution >= 0.6 is 23.5 Å². The van der Waals surface area contributed by atoms with Crippen molar-refractivity contribution in [3.05, 3.63) is 186 Å². The number of anilines is 2. The smallest absolute Gasteiger partial charge is 0.295 e. The van der Waals surface area contributed by atoms with Gasteiger partial charge in [0.05, 0.1) is 11.9 Å². The number of fused-ring (bicyclic) bond motifs is 2. The first-order chi connectivity index (χ1) is 28.3. The minimum absolute atomic E-state index is 0.160. The molecule has 58 heavy (non-hydrogen) atoms. The number of benzene rings is 7. The lowest BCUT2D eigenvalue weighted by Gasteiger charge is -2.27. The van der Waals surface area contributed by atoms with E-state index in [2.05, 4.69) is 145 Å². The zero-order chi connectivity index (χ0) is 40.1. The Morgan fingerprint density at radius 1 is 0.638 bits per heavy atom. The molecule has 290 valence electrons. The molecule has 0 fully saturated rings. The van der Waals surface area contributed by atoms with Crippen LogP contribution in [0.2, 0.25) is 0 Å². The van der Waals surface area contributed by atoms with Crippen molar-refractivity contribution >= 4 is 61.7 Å². The van der Waals surface area contributed by atoms with Crippen molar-refractivity contribution < 1.29 is 17.4 Å². The van der Waals surface area contributed by atoms with E-state index in [0.29, 0.717) is 34.2 Å². The van der Waals surface area contributed by atoms with Gasteiger partial charge < -0.3 is 9.32 Å². The van der Waals surface area contributed by atoms with Crippen molar-refractivity contribution in [1.29, 1.82) is 0 Å². The normalized spacial score (nSPS) is 12.2. The molecule has 0 bridgehead atoms. The van der Waals surface area contributed by atoms with Gasteiger partial charge in [0.2, 0.25) is 11.0 Å². The summed E-state index contributed by atoms with van der Waals surface area (Å²) in [6, 6.07) is 56.5. The van der Waals surface area contributed by atoms with Crippen LogP contribution in [-0.4, -0.2) is 24.7 Å². The van der Waals surface area contributed by atoms with Crippen molar-refractivity contribution in [2.24, 2.45) is 0 Å². The summed E-state index contributed by atoms with van der Waals surface area (Å²) in [5.74, 6) is 1.88. The second-order valence-corrected chi connectivity index (χ2v) is 17.2. The standard InChI is InChI=1S/C49H42N2O4S3/c1-3-35-17-11-14-24-44(35)50(33-56-39-19-7-5-8-20-39)37-27-29-41-46(31-37)55-47-32-38(28-30-42(47)49(41)43-23-13-16-26-48(43)58(52,53)54)51(34-57-40-21-9-6-10-22-40)45-25-15-12-18-36(45)4-2/h5-32H,3-4,33-34H2,1-2H3/p+1. The third-order valence-electron chi connectivity index (χ3n) is 10.3. The van der Waals surface area contributed by atoms with E-state index in [0.717, 1.165) is 56.0 Å². The Morgan fingerprint density at radius 2 is 1.28 bits per heavy atom. The molecule has 0 unspecified atom stereocenters. The molecule has 0 amide bonds. The van der Waals surface area contributed by atoms with Gasteiger partial charge in [0.1, 0.15) is 16.2 Å². The fourth-order valence-electron chi connectivity index (χ4n) is 7.42. The number of hydrogen-bond donors (Lipinski definition) is 1. The van der Waals surface area contributed by atoms with Gasteiger partial charge in [-0.25, -0.2) is 0 Å². The highest BCUT2D eigenvalue weighted by molar-refractivity contribution is 7.99. The molecule has 0 spiro atoms. The molecule has 0 atom stereocenters. The zero-order valence-electron chi connectivity index (χ0n) is 32.3. The van der Waals surface area contributed by atoms with Gasteiger partial charge in [0, 0.05) is 67.0 Å². The van der Waals surface area contributed by atoms with Gasteiger partial charge in [-0.15, -0.1) is 11.8 Å². The van der Waals surface area contributed by atoms with Crippen LogP contribution in [0.3, 0.4) is 0 Å². The third-order valence-corrected chi connectivity index (χ3v) is 13.2. The van der Waals surface area contributed by atoms with Crippen molar-refractivity contribution in [3.8, 4) is 22.5 Å². The van der Waals surface area contributed by atoms with E-state index in [9.17, 15) is 13.0 Å².